The van der Waals surface area contributed by atoms with Gasteiger partial charge in [-0.3, -0.25) is 9.79 Å². The number of nitrogens with two attached hydrogens (primary N) is 1. The molecule has 5 heteroatoms. The van der Waals surface area contributed by atoms with Crippen molar-refractivity contribution in [2.24, 2.45) is 16.6 Å². The number of aryl methyl sites for hydroxylation is 2. The Morgan fingerprint density at radius 3 is 2.86 bits per heavy atom. The topological polar surface area (TPSA) is 79.5 Å². The molecule has 0 saturated carbocycles. The maximum atomic E-state index is 11.4. The number of hydrogen-bond donors (Lipinski definition) is 3. The second-order valence-electron chi connectivity index (χ2n) is 5.67. The van der Waals surface area contributed by atoms with Gasteiger partial charge in [0.15, 0.2) is 5.96 Å². The van der Waals surface area contributed by atoms with Crippen LogP contribution in [0.2, 0.25) is 0 Å². The lowest BCUT2D eigenvalue weighted by Crippen LogP contribution is -2.31. The second kappa shape index (κ2) is 7.11. The van der Waals surface area contributed by atoms with Crippen LogP contribution >= 0.6 is 0 Å². The highest BCUT2D eigenvalue weighted by atomic mass is 16.1. The summed E-state index contributed by atoms with van der Waals surface area (Å²) in [4.78, 5) is 15.6. The number of carbonyl (C=O) groups is 1. The molecule has 21 heavy (non-hydrogen) atoms. The number of guanidine groups is 1. The molecule has 1 aliphatic rings. The monoisotopic (exact) mass is 288 g/mol. The number of anilines is 1. The molecule has 1 amide bonds. The molecule has 0 heterocycles. The number of fused-ring (bicyclic) bond motifs is 1. The minimum Gasteiger partial charge on any atom is -0.370 e. The fraction of sp³-hybridized carbons (Fsp3) is 0.500. The van der Waals surface area contributed by atoms with Crippen molar-refractivity contribution in [3.05, 3.63) is 29.3 Å². The molecular weight excluding hydrogens is 264 g/mol. The fourth-order valence-electron chi connectivity index (χ4n) is 2.40. The first-order valence-corrected chi connectivity index (χ1v) is 7.52. The van der Waals surface area contributed by atoms with E-state index in [4.69, 9.17) is 5.73 Å². The van der Waals surface area contributed by atoms with Crippen LogP contribution in [-0.4, -0.2) is 25.0 Å². The molecular formula is C16H24N4O. The summed E-state index contributed by atoms with van der Waals surface area (Å²) in [6.45, 7) is 4.70. The van der Waals surface area contributed by atoms with Gasteiger partial charge in [-0.05, 0) is 42.5 Å². The van der Waals surface area contributed by atoms with E-state index in [9.17, 15) is 4.79 Å². The molecule has 2 rings (SSSR count). The third-order valence-corrected chi connectivity index (χ3v) is 3.59. The zero-order valence-electron chi connectivity index (χ0n) is 12.8. The fourth-order valence-corrected chi connectivity index (χ4v) is 2.40. The first kappa shape index (κ1) is 15.4. The summed E-state index contributed by atoms with van der Waals surface area (Å²) in [6.07, 6.45) is 3.55. The Bertz CT molecular complexity index is 537. The van der Waals surface area contributed by atoms with Gasteiger partial charge in [0, 0.05) is 18.2 Å². The van der Waals surface area contributed by atoms with Crippen molar-refractivity contribution in [3.8, 4) is 0 Å². The van der Waals surface area contributed by atoms with Crippen molar-refractivity contribution in [2.75, 3.05) is 18.4 Å². The highest BCUT2D eigenvalue weighted by molar-refractivity contribution is 5.92. The van der Waals surface area contributed by atoms with Crippen LogP contribution in [0.3, 0.4) is 0 Å². The van der Waals surface area contributed by atoms with Crippen molar-refractivity contribution in [1.29, 1.82) is 0 Å². The summed E-state index contributed by atoms with van der Waals surface area (Å²) >= 11 is 0. The van der Waals surface area contributed by atoms with E-state index in [1.165, 1.54) is 24.0 Å². The third kappa shape index (κ3) is 4.48. The Morgan fingerprint density at radius 1 is 1.33 bits per heavy atom. The summed E-state index contributed by atoms with van der Waals surface area (Å²) in [6, 6.07) is 6.33. The van der Waals surface area contributed by atoms with E-state index in [2.05, 4.69) is 27.8 Å². The number of carbonyl (C=O) groups excluding carboxylic acids is 1. The van der Waals surface area contributed by atoms with Crippen LogP contribution in [0, 0.1) is 5.92 Å². The summed E-state index contributed by atoms with van der Waals surface area (Å²) < 4.78 is 0. The number of rotatable bonds is 5. The average molecular weight is 288 g/mol. The molecule has 114 valence electrons. The van der Waals surface area contributed by atoms with Crippen LogP contribution in [0.15, 0.2) is 23.2 Å². The lowest BCUT2D eigenvalue weighted by atomic mass is 10.1. The minimum absolute atomic E-state index is 0.00383. The first-order chi connectivity index (χ1) is 10.1. The van der Waals surface area contributed by atoms with Crippen molar-refractivity contribution < 1.29 is 4.79 Å². The number of nitrogens with one attached hydrogen (secondary N) is 2. The van der Waals surface area contributed by atoms with Gasteiger partial charge in [-0.1, -0.05) is 19.9 Å². The highest BCUT2D eigenvalue weighted by Crippen LogP contribution is 2.24. The zero-order chi connectivity index (χ0) is 15.2. The maximum absolute atomic E-state index is 11.4. The van der Waals surface area contributed by atoms with Gasteiger partial charge < -0.3 is 16.4 Å². The second-order valence-corrected chi connectivity index (χ2v) is 5.67. The molecule has 0 aromatic heterocycles. The molecule has 0 aliphatic heterocycles. The SMILES string of the molecule is CC(C)C(=O)NCCN=C(N)Nc1ccc2c(c1)CCC2. The van der Waals surface area contributed by atoms with E-state index >= 15 is 0 Å². The molecule has 0 radical (unpaired) electrons. The van der Waals surface area contributed by atoms with Crippen molar-refractivity contribution in [2.45, 2.75) is 33.1 Å². The Hall–Kier alpha value is -2.04. The normalized spacial score (nSPS) is 14.1. The molecule has 0 atom stereocenters. The van der Waals surface area contributed by atoms with E-state index < -0.39 is 0 Å². The molecule has 5 nitrogen and oxygen atoms in total. The standard InChI is InChI=1S/C16H24N4O/c1-11(2)15(21)18-8-9-19-16(17)20-14-7-6-12-4-3-5-13(12)10-14/h6-7,10-11H,3-5,8-9H2,1-2H3,(H,18,21)(H3,17,19,20). The van der Waals surface area contributed by atoms with Gasteiger partial charge in [-0.25, -0.2) is 0 Å². The highest BCUT2D eigenvalue weighted by Gasteiger charge is 2.10. The largest absolute Gasteiger partial charge is 0.370 e. The van der Waals surface area contributed by atoms with Crippen LogP contribution in [0.4, 0.5) is 5.69 Å². The molecule has 0 fully saturated rings. The van der Waals surface area contributed by atoms with Gasteiger partial charge in [0.25, 0.3) is 0 Å². The molecule has 4 N–H and O–H groups in total. The Balaban J connectivity index is 1.79. The van der Waals surface area contributed by atoms with E-state index in [-0.39, 0.29) is 11.8 Å². The molecule has 1 aromatic carbocycles. The van der Waals surface area contributed by atoms with Crippen LogP contribution < -0.4 is 16.4 Å². The van der Waals surface area contributed by atoms with Gasteiger partial charge in [-0.2, -0.15) is 0 Å². The summed E-state index contributed by atoms with van der Waals surface area (Å²) in [5.74, 6) is 0.415. The lowest BCUT2D eigenvalue weighted by molar-refractivity contribution is -0.123. The number of amides is 1. The van der Waals surface area contributed by atoms with E-state index in [0.717, 1.165) is 12.1 Å². The molecule has 0 spiro atoms. The van der Waals surface area contributed by atoms with Crippen molar-refractivity contribution in [3.63, 3.8) is 0 Å². The minimum atomic E-state index is -0.00383. The van der Waals surface area contributed by atoms with Gasteiger partial charge in [0.2, 0.25) is 5.91 Å². The lowest BCUT2D eigenvalue weighted by Gasteiger charge is -2.09. The van der Waals surface area contributed by atoms with Crippen LogP contribution in [-0.2, 0) is 17.6 Å². The predicted molar refractivity (Wildman–Crippen MR) is 86.4 cm³/mol. The smallest absolute Gasteiger partial charge is 0.222 e. The van der Waals surface area contributed by atoms with Crippen LogP contribution in [0.1, 0.15) is 31.4 Å². The van der Waals surface area contributed by atoms with Crippen molar-refractivity contribution >= 4 is 17.6 Å². The summed E-state index contributed by atoms with van der Waals surface area (Å²) in [7, 11) is 0. The van der Waals surface area contributed by atoms with Crippen molar-refractivity contribution in [1.82, 2.24) is 5.32 Å². The summed E-state index contributed by atoms with van der Waals surface area (Å²) in [5, 5.41) is 5.90. The number of benzene rings is 1. The maximum Gasteiger partial charge on any atom is 0.222 e. The zero-order valence-corrected chi connectivity index (χ0v) is 12.8. The molecule has 1 aromatic rings. The van der Waals surface area contributed by atoms with Gasteiger partial charge >= 0.3 is 0 Å². The predicted octanol–water partition coefficient (Wildman–Crippen LogP) is 1.67. The number of hydrogen-bond acceptors (Lipinski definition) is 2. The molecule has 1 aliphatic carbocycles. The molecule has 0 unspecified atom stereocenters. The van der Waals surface area contributed by atoms with Crippen LogP contribution in [0.25, 0.3) is 0 Å². The Morgan fingerprint density at radius 2 is 2.10 bits per heavy atom. The molecule has 0 saturated heterocycles. The number of aliphatic imine (C=N–C) groups is 1. The number of nitrogens with zero attached hydrogens (tertiary/aromatic N) is 1. The first-order valence-electron chi connectivity index (χ1n) is 7.52. The van der Waals surface area contributed by atoms with E-state index in [1.54, 1.807) is 0 Å². The third-order valence-electron chi connectivity index (χ3n) is 3.59. The Labute approximate surface area is 126 Å². The van der Waals surface area contributed by atoms with Gasteiger partial charge in [0.1, 0.15) is 0 Å². The quantitative estimate of drug-likeness (QED) is 0.438. The van der Waals surface area contributed by atoms with Gasteiger partial charge in [-0.15, -0.1) is 0 Å². The molecule has 0 bridgehead atoms. The Kier molecular flexibility index (Phi) is 5.20. The van der Waals surface area contributed by atoms with E-state index in [0.29, 0.717) is 19.0 Å². The van der Waals surface area contributed by atoms with Crippen LogP contribution in [0.5, 0.6) is 0 Å². The van der Waals surface area contributed by atoms with Gasteiger partial charge in [0.05, 0.1) is 6.54 Å². The summed E-state index contributed by atoms with van der Waals surface area (Å²) in [5.41, 5.74) is 9.67. The van der Waals surface area contributed by atoms with E-state index in [1.807, 2.05) is 19.9 Å². The average Bonchev–Trinajstić information content (AvgIpc) is 2.90.